The number of aliphatic hydroxyl groups is 1. The molecule has 0 aliphatic heterocycles. The fraction of sp³-hybridized carbons (Fsp3) is 0.267. The summed E-state index contributed by atoms with van der Waals surface area (Å²) in [5.74, 6) is 0.651. The molecular formula is C15H17ClN2O2. The highest BCUT2D eigenvalue weighted by Crippen LogP contribution is 2.38. The molecule has 1 heterocycles. The minimum absolute atomic E-state index is 0.0175. The Bertz CT molecular complexity index is 576. The molecular weight excluding hydrogens is 276 g/mol. The van der Waals surface area contributed by atoms with Crippen molar-refractivity contribution in [2.75, 3.05) is 19.5 Å². The molecule has 0 spiro atoms. The molecule has 4 nitrogen and oxygen atoms in total. The molecule has 106 valence electrons. The van der Waals surface area contributed by atoms with Crippen LogP contribution in [0, 0.1) is 0 Å². The molecule has 1 unspecified atom stereocenters. The highest BCUT2D eigenvalue weighted by molar-refractivity contribution is 6.33. The van der Waals surface area contributed by atoms with E-state index in [9.17, 15) is 5.11 Å². The Balaban J connectivity index is 2.52. The topological polar surface area (TPSA) is 68.4 Å². The van der Waals surface area contributed by atoms with Gasteiger partial charge in [0.2, 0.25) is 0 Å². The van der Waals surface area contributed by atoms with Crippen LogP contribution in [0.1, 0.15) is 23.5 Å². The summed E-state index contributed by atoms with van der Waals surface area (Å²) in [5.41, 5.74) is 8.24. The zero-order chi connectivity index (χ0) is 14.5. The van der Waals surface area contributed by atoms with E-state index in [1.54, 1.807) is 31.6 Å². The van der Waals surface area contributed by atoms with Crippen molar-refractivity contribution in [3.63, 3.8) is 0 Å². The number of nitrogens with two attached hydrogens (primary N) is 1. The minimum atomic E-state index is -0.0175. The normalized spacial score (nSPS) is 12.2. The van der Waals surface area contributed by atoms with E-state index in [1.807, 2.05) is 12.1 Å². The van der Waals surface area contributed by atoms with Crippen molar-refractivity contribution in [3.05, 3.63) is 52.8 Å². The molecule has 0 aliphatic rings. The lowest BCUT2D eigenvalue weighted by Crippen LogP contribution is -2.07. The van der Waals surface area contributed by atoms with Crippen LogP contribution in [0.4, 0.5) is 5.69 Å². The van der Waals surface area contributed by atoms with E-state index in [0.717, 1.165) is 11.1 Å². The Morgan fingerprint density at radius 3 is 2.65 bits per heavy atom. The van der Waals surface area contributed by atoms with E-state index in [1.165, 1.54) is 0 Å². The van der Waals surface area contributed by atoms with Crippen LogP contribution < -0.4 is 10.5 Å². The number of aromatic nitrogens is 1. The van der Waals surface area contributed by atoms with Gasteiger partial charge in [-0.25, -0.2) is 0 Å². The Labute approximate surface area is 123 Å². The highest BCUT2D eigenvalue weighted by Gasteiger charge is 2.19. The van der Waals surface area contributed by atoms with Gasteiger partial charge < -0.3 is 15.6 Å². The molecule has 2 rings (SSSR count). The van der Waals surface area contributed by atoms with Gasteiger partial charge in [0.05, 0.1) is 17.8 Å². The molecule has 1 aromatic heterocycles. The molecule has 1 aromatic carbocycles. The average Bonchev–Trinajstić information content (AvgIpc) is 2.48. The number of nitrogens with zero attached hydrogens (tertiary/aromatic N) is 1. The van der Waals surface area contributed by atoms with Gasteiger partial charge in [0, 0.05) is 36.5 Å². The zero-order valence-corrected chi connectivity index (χ0v) is 12.0. The van der Waals surface area contributed by atoms with Crippen LogP contribution >= 0.6 is 11.6 Å². The van der Waals surface area contributed by atoms with Crippen LogP contribution in [-0.2, 0) is 0 Å². The van der Waals surface area contributed by atoms with Crippen LogP contribution in [0.2, 0.25) is 5.02 Å². The Morgan fingerprint density at radius 2 is 2.05 bits per heavy atom. The molecule has 0 bridgehead atoms. The number of ether oxygens (including phenoxy) is 1. The van der Waals surface area contributed by atoms with Crippen molar-refractivity contribution in [1.29, 1.82) is 0 Å². The third-order valence-corrected chi connectivity index (χ3v) is 3.58. The molecule has 5 heteroatoms. The summed E-state index contributed by atoms with van der Waals surface area (Å²) < 4.78 is 5.39. The van der Waals surface area contributed by atoms with Gasteiger partial charge in [-0.3, -0.25) is 4.98 Å². The van der Waals surface area contributed by atoms with E-state index in [4.69, 9.17) is 22.1 Å². The second-order valence-corrected chi connectivity index (χ2v) is 4.87. The number of hydrogen-bond acceptors (Lipinski definition) is 4. The van der Waals surface area contributed by atoms with E-state index in [0.29, 0.717) is 22.9 Å². The number of halogens is 1. The lowest BCUT2D eigenvalue weighted by molar-refractivity contribution is 0.280. The maximum Gasteiger partial charge on any atom is 0.124 e. The number of aliphatic hydroxyl groups excluding tert-OH is 1. The van der Waals surface area contributed by atoms with Crippen LogP contribution in [0.5, 0.6) is 5.75 Å². The third-order valence-electron chi connectivity index (χ3n) is 3.25. The molecule has 0 saturated heterocycles. The smallest absolute Gasteiger partial charge is 0.124 e. The first-order valence-electron chi connectivity index (χ1n) is 6.31. The largest absolute Gasteiger partial charge is 0.496 e. The first kappa shape index (κ1) is 14.6. The van der Waals surface area contributed by atoms with Gasteiger partial charge in [-0.05, 0) is 30.2 Å². The number of hydrogen-bond donors (Lipinski definition) is 2. The lowest BCUT2D eigenvalue weighted by Gasteiger charge is -2.20. The van der Waals surface area contributed by atoms with E-state index in [-0.39, 0.29) is 12.5 Å². The van der Waals surface area contributed by atoms with Crippen molar-refractivity contribution in [3.8, 4) is 5.75 Å². The molecule has 0 fully saturated rings. The van der Waals surface area contributed by atoms with Crippen molar-refractivity contribution < 1.29 is 9.84 Å². The van der Waals surface area contributed by atoms with Crippen molar-refractivity contribution >= 4 is 17.3 Å². The van der Waals surface area contributed by atoms with Gasteiger partial charge in [-0.15, -0.1) is 0 Å². The maximum atomic E-state index is 9.33. The molecule has 1 atom stereocenters. The Hall–Kier alpha value is -1.78. The summed E-state index contributed by atoms with van der Waals surface area (Å²) in [6.07, 6.45) is 4.02. The predicted molar refractivity (Wildman–Crippen MR) is 80.2 cm³/mol. The summed E-state index contributed by atoms with van der Waals surface area (Å²) in [5, 5.41) is 9.82. The van der Waals surface area contributed by atoms with Crippen molar-refractivity contribution in [2.24, 2.45) is 0 Å². The third kappa shape index (κ3) is 3.03. The summed E-state index contributed by atoms with van der Waals surface area (Å²) >= 11 is 6.12. The zero-order valence-electron chi connectivity index (χ0n) is 11.2. The summed E-state index contributed by atoms with van der Waals surface area (Å²) in [6, 6.07) is 7.35. The minimum Gasteiger partial charge on any atom is -0.496 e. The summed E-state index contributed by atoms with van der Waals surface area (Å²) in [7, 11) is 1.59. The predicted octanol–water partition coefficient (Wildman–Crippen LogP) is 2.84. The number of pyridine rings is 1. The second kappa shape index (κ2) is 6.59. The number of benzene rings is 1. The molecule has 20 heavy (non-hydrogen) atoms. The molecule has 0 aliphatic carbocycles. The fourth-order valence-corrected chi connectivity index (χ4v) is 2.43. The summed E-state index contributed by atoms with van der Waals surface area (Å²) in [6.45, 7) is 0.0676. The van der Waals surface area contributed by atoms with Gasteiger partial charge in [0.1, 0.15) is 5.75 Å². The Morgan fingerprint density at radius 1 is 1.35 bits per heavy atom. The second-order valence-electron chi connectivity index (χ2n) is 4.46. The van der Waals surface area contributed by atoms with Crippen LogP contribution in [-0.4, -0.2) is 23.8 Å². The monoisotopic (exact) mass is 292 g/mol. The molecule has 2 aromatic rings. The lowest BCUT2D eigenvalue weighted by atomic mass is 9.88. The number of nitrogen functional groups attached to an aromatic ring is 1. The fourth-order valence-electron chi connectivity index (χ4n) is 2.26. The first-order chi connectivity index (χ1) is 9.67. The van der Waals surface area contributed by atoms with E-state index < -0.39 is 0 Å². The van der Waals surface area contributed by atoms with Gasteiger partial charge in [0.15, 0.2) is 0 Å². The van der Waals surface area contributed by atoms with Crippen LogP contribution in [0.25, 0.3) is 0 Å². The van der Waals surface area contributed by atoms with Crippen molar-refractivity contribution in [2.45, 2.75) is 12.3 Å². The highest BCUT2D eigenvalue weighted by atomic mass is 35.5. The Kier molecular flexibility index (Phi) is 4.82. The van der Waals surface area contributed by atoms with Gasteiger partial charge in [-0.1, -0.05) is 11.6 Å². The van der Waals surface area contributed by atoms with Crippen LogP contribution in [0.3, 0.4) is 0 Å². The number of anilines is 1. The summed E-state index contributed by atoms with van der Waals surface area (Å²) in [4.78, 5) is 4.02. The van der Waals surface area contributed by atoms with Gasteiger partial charge in [0.25, 0.3) is 0 Å². The van der Waals surface area contributed by atoms with Gasteiger partial charge >= 0.3 is 0 Å². The van der Waals surface area contributed by atoms with E-state index in [2.05, 4.69) is 4.98 Å². The number of methoxy groups -OCH3 is 1. The SMILES string of the molecule is COc1cc(N)c(Cl)cc1C(CCO)c1ccncc1. The molecule has 3 N–H and O–H groups in total. The molecule has 0 amide bonds. The van der Waals surface area contributed by atoms with Gasteiger partial charge in [-0.2, -0.15) is 0 Å². The maximum absolute atomic E-state index is 9.33. The van der Waals surface area contributed by atoms with E-state index >= 15 is 0 Å². The van der Waals surface area contributed by atoms with Crippen LogP contribution in [0.15, 0.2) is 36.7 Å². The molecule has 0 radical (unpaired) electrons. The molecule has 0 saturated carbocycles. The first-order valence-corrected chi connectivity index (χ1v) is 6.68. The quantitative estimate of drug-likeness (QED) is 0.832. The standard InChI is InChI=1S/C15H17ClN2O2/c1-20-15-9-14(17)13(16)8-12(15)11(4-7-19)10-2-5-18-6-3-10/h2-3,5-6,8-9,11,19H,4,7,17H2,1H3. The average molecular weight is 293 g/mol. The van der Waals surface area contributed by atoms with Crippen molar-refractivity contribution in [1.82, 2.24) is 4.98 Å². The number of rotatable bonds is 5.